The predicted molar refractivity (Wildman–Crippen MR) is 107 cm³/mol. The molecule has 2 heterocycles. The molecule has 0 spiro atoms. The number of nitrogens with one attached hydrogen (secondary N) is 2. The molecule has 0 saturated heterocycles. The van der Waals surface area contributed by atoms with Gasteiger partial charge in [-0.05, 0) is 29.7 Å². The van der Waals surface area contributed by atoms with Gasteiger partial charge in [-0.25, -0.2) is 4.98 Å². The first-order valence-electron chi connectivity index (χ1n) is 9.48. The van der Waals surface area contributed by atoms with Gasteiger partial charge in [0.2, 0.25) is 11.1 Å². The largest absolute Gasteiger partial charge is 0.347 e. The molecule has 1 amide bonds. The normalized spacial score (nSPS) is 16.3. The van der Waals surface area contributed by atoms with Gasteiger partial charge in [-0.2, -0.15) is 0 Å². The van der Waals surface area contributed by atoms with Crippen LogP contribution in [0.15, 0.2) is 22.7 Å². The maximum atomic E-state index is 12.3. The lowest BCUT2D eigenvalue weighted by molar-refractivity contribution is -0.119. The predicted octanol–water partition coefficient (Wildman–Crippen LogP) is 4.59. The second-order valence-corrected chi connectivity index (χ2v) is 9.27. The summed E-state index contributed by atoms with van der Waals surface area (Å²) in [6, 6.07) is 4.17. The highest BCUT2D eigenvalue weighted by molar-refractivity contribution is 7.99. The number of rotatable bonds is 9. The minimum absolute atomic E-state index is 0.0272. The fraction of sp³-hybridized carbons (Fsp3) is 0.632. The molecule has 2 aromatic rings. The highest BCUT2D eigenvalue weighted by atomic mass is 32.2. The molecule has 1 fully saturated rings. The number of carbonyl (C=O) groups is 1. The van der Waals surface area contributed by atoms with Crippen LogP contribution in [0, 0.1) is 11.8 Å². The minimum Gasteiger partial charge on any atom is -0.347 e. The topological polar surface area (TPSA) is 70.7 Å². The van der Waals surface area contributed by atoms with Crippen molar-refractivity contribution in [3.8, 4) is 0 Å². The van der Waals surface area contributed by atoms with Crippen molar-refractivity contribution in [2.24, 2.45) is 11.8 Å². The van der Waals surface area contributed by atoms with Crippen molar-refractivity contribution in [1.29, 1.82) is 0 Å². The van der Waals surface area contributed by atoms with E-state index in [1.807, 2.05) is 11.4 Å². The number of hydrogen-bond acceptors (Lipinski definition) is 5. The molecule has 0 aliphatic heterocycles. The standard InChI is InChI=1S/C19H28N4OS2/c1-13(2)18(15-8-5-11-25-15)21-17(24)12-26-19-20-16(22-23-19)10-9-14-6-3-4-7-14/h5,8,11,13-14,18H,3-4,6-7,9-10,12H2,1-2H3,(H,21,24)(H,20,22,23). The van der Waals surface area contributed by atoms with Gasteiger partial charge in [0.25, 0.3) is 0 Å². The number of thiophene rings is 1. The van der Waals surface area contributed by atoms with Crippen molar-refractivity contribution < 1.29 is 4.79 Å². The molecule has 142 valence electrons. The van der Waals surface area contributed by atoms with Gasteiger partial charge in [0.15, 0.2) is 0 Å². The Morgan fingerprint density at radius 1 is 1.42 bits per heavy atom. The van der Waals surface area contributed by atoms with Crippen LogP contribution in [0.2, 0.25) is 0 Å². The SMILES string of the molecule is CC(C)C(NC(=O)CSc1n[nH]c(CCC2CCCC2)n1)c1cccs1. The van der Waals surface area contributed by atoms with Crippen molar-refractivity contribution in [2.75, 3.05) is 5.75 Å². The van der Waals surface area contributed by atoms with E-state index in [1.165, 1.54) is 48.7 Å². The molecule has 1 unspecified atom stereocenters. The third-order valence-electron chi connectivity index (χ3n) is 4.94. The lowest BCUT2D eigenvalue weighted by atomic mass is 10.0. The van der Waals surface area contributed by atoms with Gasteiger partial charge in [-0.1, -0.05) is 57.4 Å². The minimum atomic E-state index is 0.0272. The summed E-state index contributed by atoms with van der Waals surface area (Å²) in [6.45, 7) is 4.26. The number of aromatic amines is 1. The van der Waals surface area contributed by atoms with Crippen LogP contribution < -0.4 is 5.32 Å². The number of aryl methyl sites for hydroxylation is 1. The number of nitrogens with zero attached hydrogens (tertiary/aromatic N) is 2. The number of amides is 1. The molecule has 1 aliphatic rings. The second-order valence-electron chi connectivity index (χ2n) is 7.35. The molecular formula is C19H28N4OS2. The Morgan fingerprint density at radius 3 is 2.92 bits per heavy atom. The fourth-order valence-corrected chi connectivity index (χ4v) is 5.05. The monoisotopic (exact) mass is 392 g/mol. The van der Waals surface area contributed by atoms with Gasteiger partial charge >= 0.3 is 0 Å². The molecule has 0 bridgehead atoms. The Balaban J connectivity index is 1.43. The zero-order valence-corrected chi connectivity index (χ0v) is 17.2. The van der Waals surface area contributed by atoms with Gasteiger partial charge in [0, 0.05) is 11.3 Å². The first-order chi connectivity index (χ1) is 12.6. The van der Waals surface area contributed by atoms with E-state index in [4.69, 9.17) is 0 Å². The summed E-state index contributed by atoms with van der Waals surface area (Å²) >= 11 is 3.08. The summed E-state index contributed by atoms with van der Waals surface area (Å²) in [7, 11) is 0. The van der Waals surface area contributed by atoms with Crippen molar-refractivity contribution in [1.82, 2.24) is 20.5 Å². The van der Waals surface area contributed by atoms with Crippen LogP contribution in [-0.2, 0) is 11.2 Å². The number of H-pyrrole nitrogens is 1. The van der Waals surface area contributed by atoms with Crippen LogP contribution in [0.3, 0.4) is 0 Å². The van der Waals surface area contributed by atoms with Crippen molar-refractivity contribution >= 4 is 29.0 Å². The number of carbonyl (C=O) groups excluding carboxylic acids is 1. The van der Waals surface area contributed by atoms with E-state index >= 15 is 0 Å². The number of thioether (sulfide) groups is 1. The zero-order chi connectivity index (χ0) is 18.4. The number of hydrogen-bond donors (Lipinski definition) is 2. The molecule has 2 aromatic heterocycles. The van der Waals surface area contributed by atoms with Crippen LogP contribution in [-0.4, -0.2) is 26.8 Å². The third-order valence-corrected chi connectivity index (χ3v) is 6.74. The molecule has 1 saturated carbocycles. The summed E-state index contributed by atoms with van der Waals surface area (Å²) in [5.41, 5.74) is 0. The highest BCUT2D eigenvalue weighted by Gasteiger charge is 2.20. The summed E-state index contributed by atoms with van der Waals surface area (Å²) in [4.78, 5) is 18.1. The Morgan fingerprint density at radius 2 is 2.23 bits per heavy atom. The zero-order valence-electron chi connectivity index (χ0n) is 15.5. The summed E-state index contributed by atoms with van der Waals surface area (Å²) in [5, 5.41) is 13.1. The van der Waals surface area contributed by atoms with Crippen LogP contribution in [0.25, 0.3) is 0 Å². The fourth-order valence-electron chi connectivity index (χ4n) is 3.47. The summed E-state index contributed by atoms with van der Waals surface area (Å²) < 4.78 is 0. The number of aromatic nitrogens is 3. The van der Waals surface area contributed by atoms with Crippen LogP contribution >= 0.6 is 23.1 Å². The molecule has 26 heavy (non-hydrogen) atoms. The molecular weight excluding hydrogens is 364 g/mol. The van der Waals surface area contributed by atoms with Crippen molar-refractivity contribution in [2.45, 2.75) is 63.6 Å². The molecule has 1 aliphatic carbocycles. The van der Waals surface area contributed by atoms with Gasteiger partial charge < -0.3 is 5.32 Å². The van der Waals surface area contributed by atoms with Crippen LogP contribution in [0.4, 0.5) is 0 Å². The molecule has 5 nitrogen and oxygen atoms in total. The van der Waals surface area contributed by atoms with E-state index in [-0.39, 0.29) is 11.9 Å². The molecule has 3 rings (SSSR count). The van der Waals surface area contributed by atoms with E-state index in [2.05, 4.69) is 40.4 Å². The Labute approximate surface area is 163 Å². The van der Waals surface area contributed by atoms with E-state index in [9.17, 15) is 4.79 Å². The lowest BCUT2D eigenvalue weighted by Gasteiger charge is -2.21. The van der Waals surface area contributed by atoms with Crippen molar-refractivity contribution in [3.63, 3.8) is 0 Å². The molecule has 2 N–H and O–H groups in total. The molecule has 7 heteroatoms. The maximum Gasteiger partial charge on any atom is 0.230 e. The molecule has 0 aromatic carbocycles. The van der Waals surface area contributed by atoms with E-state index in [1.54, 1.807) is 11.3 Å². The van der Waals surface area contributed by atoms with Crippen LogP contribution in [0.1, 0.15) is 62.7 Å². The second kappa shape index (κ2) is 9.55. The van der Waals surface area contributed by atoms with Gasteiger partial charge in [-0.3, -0.25) is 9.89 Å². The van der Waals surface area contributed by atoms with E-state index in [0.29, 0.717) is 16.8 Å². The Hall–Kier alpha value is -1.34. The Bertz CT molecular complexity index is 678. The quantitative estimate of drug-likeness (QED) is 0.612. The summed E-state index contributed by atoms with van der Waals surface area (Å²) in [6.07, 6.45) is 7.61. The summed E-state index contributed by atoms with van der Waals surface area (Å²) in [5.74, 6) is 2.52. The smallest absolute Gasteiger partial charge is 0.230 e. The van der Waals surface area contributed by atoms with E-state index in [0.717, 1.165) is 18.2 Å². The van der Waals surface area contributed by atoms with Gasteiger partial charge in [-0.15, -0.1) is 16.4 Å². The lowest BCUT2D eigenvalue weighted by Crippen LogP contribution is -2.32. The van der Waals surface area contributed by atoms with Gasteiger partial charge in [0.1, 0.15) is 5.82 Å². The first kappa shape index (κ1) is 19.4. The Kier molecular flexibility index (Phi) is 7.14. The third kappa shape index (κ3) is 5.58. The van der Waals surface area contributed by atoms with Crippen molar-refractivity contribution in [3.05, 3.63) is 28.2 Å². The average molecular weight is 393 g/mol. The van der Waals surface area contributed by atoms with Gasteiger partial charge in [0.05, 0.1) is 11.8 Å². The average Bonchev–Trinajstić information content (AvgIpc) is 3.38. The first-order valence-corrected chi connectivity index (χ1v) is 11.3. The molecule has 0 radical (unpaired) electrons. The van der Waals surface area contributed by atoms with E-state index < -0.39 is 0 Å². The highest BCUT2D eigenvalue weighted by Crippen LogP contribution is 2.28. The van der Waals surface area contributed by atoms with Crippen LogP contribution in [0.5, 0.6) is 0 Å². The molecule has 1 atom stereocenters. The maximum absolute atomic E-state index is 12.3.